The van der Waals surface area contributed by atoms with Crippen molar-refractivity contribution in [3.63, 3.8) is 0 Å². The van der Waals surface area contributed by atoms with Gasteiger partial charge in [-0.1, -0.05) is 33.3 Å². The summed E-state index contributed by atoms with van der Waals surface area (Å²) in [4.78, 5) is 144. The summed E-state index contributed by atoms with van der Waals surface area (Å²) in [5.41, 5.74) is 13.9. The number of Topliss-reactive ketones (excluding diaryl/α,β-unsaturated/α-hetero) is 1. The van der Waals surface area contributed by atoms with Crippen LogP contribution in [0.25, 0.3) is 0 Å². The van der Waals surface area contributed by atoms with Crippen molar-refractivity contribution < 1.29 is 68.0 Å². The Hall–Kier alpha value is -7.07. The van der Waals surface area contributed by atoms with Crippen LogP contribution in [-0.2, 0) is 54.3 Å². The number of urea groups is 1. The molecule has 1 spiro atoms. The zero-order valence-electron chi connectivity index (χ0n) is 49.5. The highest BCUT2D eigenvalue weighted by molar-refractivity contribution is 6.11. The summed E-state index contributed by atoms with van der Waals surface area (Å²) in [6.07, 6.45) is 7.34. The Balaban J connectivity index is 1.22. The molecule has 84 heavy (non-hydrogen) atoms. The number of aliphatic hydroxyl groups excluding tert-OH is 2. The molecule has 0 aromatic carbocycles. The minimum atomic E-state index is -1.73. The third-order valence-corrected chi connectivity index (χ3v) is 15.9. The van der Waals surface area contributed by atoms with Gasteiger partial charge in [0.1, 0.15) is 47.9 Å². The number of nitrogens with zero attached hydrogens (tertiary/aromatic N) is 2. The summed E-state index contributed by atoms with van der Waals surface area (Å²) in [6, 6.07) is -10.5. The van der Waals surface area contributed by atoms with Gasteiger partial charge in [0.2, 0.25) is 47.3 Å². The second-order valence-electron chi connectivity index (χ2n) is 23.3. The number of hydrogen-bond acceptors (Lipinski definition) is 16. The maximum atomic E-state index is 14.3. The first kappa shape index (κ1) is 67.7. The number of carbonyl (C=O) groups is 10. The fraction of sp³-hybridized carbons (Fsp3) is 0.667. The molecule has 0 bridgehead atoms. The van der Waals surface area contributed by atoms with E-state index >= 15 is 0 Å². The number of allylic oxidation sites excluding steroid dienone is 4. The van der Waals surface area contributed by atoms with Gasteiger partial charge in [-0.2, -0.15) is 0 Å². The van der Waals surface area contributed by atoms with E-state index in [4.69, 9.17) is 16.2 Å². The number of fused-ring (bicyclic) bond motifs is 1. The molecule has 5 rings (SSSR count). The highest BCUT2D eigenvalue weighted by Crippen LogP contribution is 2.65. The molecule has 1 aromatic rings. The molecule has 466 valence electrons. The number of ether oxygens (including phenoxy) is 1. The number of nitrogens with two attached hydrogens (primary N) is 2. The van der Waals surface area contributed by atoms with Crippen molar-refractivity contribution in [1.82, 2.24) is 57.4 Å². The van der Waals surface area contributed by atoms with Crippen molar-refractivity contribution in [1.29, 1.82) is 0 Å². The number of primary amides is 1. The first-order chi connectivity index (χ1) is 39.8. The van der Waals surface area contributed by atoms with E-state index < -0.39 is 120 Å². The number of morpholine rings is 1. The Kier molecular flexibility index (Phi) is 25.1. The monoisotopic (exact) mass is 1180 g/mol. The van der Waals surface area contributed by atoms with Crippen molar-refractivity contribution >= 4 is 59.1 Å². The summed E-state index contributed by atoms with van der Waals surface area (Å²) in [5.74, 6) is -7.36. The van der Waals surface area contributed by atoms with Crippen LogP contribution in [0, 0.1) is 17.3 Å². The second kappa shape index (κ2) is 31.2. The van der Waals surface area contributed by atoms with Crippen LogP contribution < -0.4 is 54.0 Å². The number of aromatic amines is 1. The van der Waals surface area contributed by atoms with Gasteiger partial charge in [0, 0.05) is 55.4 Å². The molecule has 16 N–H and O–H groups in total. The van der Waals surface area contributed by atoms with E-state index in [9.17, 15) is 63.3 Å². The van der Waals surface area contributed by atoms with E-state index in [1.807, 2.05) is 33.8 Å². The zero-order chi connectivity index (χ0) is 62.1. The lowest BCUT2D eigenvalue weighted by molar-refractivity contribution is -0.137. The maximum Gasteiger partial charge on any atom is 0.318 e. The summed E-state index contributed by atoms with van der Waals surface area (Å²) in [6.45, 7) is 12.4. The first-order valence-electron chi connectivity index (χ1n) is 29.1. The molecule has 0 radical (unpaired) electrons. The number of nitrogens with one attached hydrogen (secondary N) is 9. The molecule has 0 unspecified atom stereocenters. The summed E-state index contributed by atoms with van der Waals surface area (Å²) in [7, 11) is 0. The average Bonchev–Trinajstić information content (AvgIpc) is 1.74. The molecule has 1 saturated heterocycles. The lowest BCUT2D eigenvalue weighted by Gasteiger charge is -2.39. The van der Waals surface area contributed by atoms with Crippen molar-refractivity contribution in [2.45, 2.75) is 173 Å². The van der Waals surface area contributed by atoms with Gasteiger partial charge in [-0.3, -0.25) is 43.2 Å². The minimum absolute atomic E-state index is 0.0233. The molecule has 1 saturated carbocycles. The number of aliphatic hydroxyl groups is 3. The summed E-state index contributed by atoms with van der Waals surface area (Å²) >= 11 is 0. The number of hydrogen-bond donors (Lipinski definition) is 14. The van der Waals surface area contributed by atoms with Gasteiger partial charge in [-0.25, -0.2) is 9.78 Å². The van der Waals surface area contributed by atoms with Gasteiger partial charge >= 0.3 is 6.03 Å². The van der Waals surface area contributed by atoms with Crippen molar-refractivity contribution in [3.8, 4) is 0 Å². The van der Waals surface area contributed by atoms with Gasteiger partial charge in [0.15, 0.2) is 5.78 Å². The maximum absolute atomic E-state index is 14.3. The highest BCUT2D eigenvalue weighted by Gasteiger charge is 2.65. The molecule has 2 fully saturated rings. The van der Waals surface area contributed by atoms with Gasteiger partial charge in [-0.15, -0.1) is 0 Å². The second-order valence-corrected chi connectivity index (χ2v) is 23.3. The fourth-order valence-corrected chi connectivity index (χ4v) is 10.9. The van der Waals surface area contributed by atoms with Crippen LogP contribution in [0.15, 0.2) is 46.5 Å². The van der Waals surface area contributed by atoms with Crippen LogP contribution in [0.5, 0.6) is 0 Å². The van der Waals surface area contributed by atoms with Gasteiger partial charge < -0.3 is 83.9 Å². The van der Waals surface area contributed by atoms with Gasteiger partial charge in [-0.05, 0) is 126 Å². The number of amides is 10. The lowest BCUT2D eigenvalue weighted by Crippen LogP contribution is -2.61. The topological polar surface area (TPSA) is 421 Å². The molecule has 3 aliphatic carbocycles. The third kappa shape index (κ3) is 18.0. The molecule has 8 atom stereocenters. The summed E-state index contributed by atoms with van der Waals surface area (Å²) in [5, 5.41) is 52.7. The predicted molar refractivity (Wildman–Crippen MR) is 306 cm³/mol. The standard InChI is InChI=1S/C57H89N13O14/c1-31(2)23-40(48(75)61-18-10-11-36-33(5)25-37-46(36)34(6)57(15-16-57)56(7,83)47(37)74)65-50(77)39(13-14-45(59)73)64-51(78)41(24-32(3)4)66-49(76)38(12-8-9-17-58)63-53(80)43(28-71)68-54(81)44(29-72)67-52(79)42(26-35-27-60-30-62-35)69-55(82)70-19-21-84-22-20-70/h25,27,30-32,38-44,71-72,83H,8-24,26,28-29,58H2,1-7H3,(H2,59,73)(H,60,62)(H,61,75)(H,63,80)(H,64,78)(H,65,77)(H,66,76)(H,67,79)(H,68,81)(H,69,82)/t38-,39-,40-,41-,42-,43-,44-,56-/m0/s1. The number of aromatic nitrogens is 2. The van der Waals surface area contributed by atoms with E-state index in [0.29, 0.717) is 50.2 Å². The molecular weight excluding hydrogens is 1090 g/mol. The Labute approximate surface area is 489 Å². The first-order valence-corrected chi connectivity index (χ1v) is 29.1. The van der Waals surface area contributed by atoms with Crippen molar-refractivity contribution in [2.75, 3.05) is 52.6 Å². The van der Waals surface area contributed by atoms with E-state index in [1.165, 1.54) is 17.4 Å². The normalized spacial score (nSPS) is 19.7. The number of carbonyl (C=O) groups excluding carboxylic acids is 10. The number of ketones is 1. The Bertz CT molecular complexity index is 2640. The van der Waals surface area contributed by atoms with Crippen LogP contribution in [0.2, 0.25) is 0 Å². The average molecular weight is 1180 g/mol. The Morgan fingerprint density at radius 2 is 1.23 bits per heavy atom. The van der Waals surface area contributed by atoms with E-state index in [0.717, 1.165) is 35.1 Å². The minimum Gasteiger partial charge on any atom is -0.394 e. The van der Waals surface area contributed by atoms with Gasteiger partial charge in [0.05, 0.1) is 32.8 Å². The molecular formula is C57H89N13O14. The number of unbranched alkanes of at least 4 members (excludes halogenated alkanes) is 1. The third-order valence-electron chi connectivity index (χ3n) is 15.9. The predicted octanol–water partition coefficient (Wildman–Crippen LogP) is -1.67. The molecule has 2 heterocycles. The Morgan fingerprint density at radius 1 is 0.714 bits per heavy atom. The van der Waals surface area contributed by atoms with E-state index in [-0.39, 0.29) is 82.3 Å². The van der Waals surface area contributed by atoms with E-state index in [2.05, 4.69) is 52.5 Å². The smallest absolute Gasteiger partial charge is 0.318 e. The van der Waals surface area contributed by atoms with E-state index in [1.54, 1.807) is 20.8 Å². The van der Waals surface area contributed by atoms with Crippen molar-refractivity contribution in [2.24, 2.45) is 28.7 Å². The van der Waals surface area contributed by atoms with Crippen LogP contribution in [0.4, 0.5) is 4.79 Å². The largest absolute Gasteiger partial charge is 0.394 e. The molecule has 1 aromatic heterocycles. The molecule has 10 amide bonds. The van der Waals surface area contributed by atoms with Crippen LogP contribution in [0.1, 0.15) is 125 Å². The fourth-order valence-electron chi connectivity index (χ4n) is 10.9. The molecule has 4 aliphatic rings. The number of rotatable bonds is 33. The van der Waals surface area contributed by atoms with Crippen LogP contribution >= 0.6 is 0 Å². The lowest BCUT2D eigenvalue weighted by atomic mass is 9.67. The SMILES string of the molecule is CC1=C(CCCNC(=O)[C@H](CC(C)C)NC(=O)[C@H](CCC(N)=O)NC(=O)[C@H](CC(C)C)NC(=O)[C@H](CCCCN)NC(=O)[C@H](CO)NC(=O)[C@H](CO)NC(=O)[C@H](Cc2cnc[nH]2)NC(=O)N2CCOCC2)C2=C(C)C3(CC3)[C@@](C)(O)C(=O)C2=C1. The molecule has 27 heteroatoms. The molecule has 1 aliphatic heterocycles. The molecule has 27 nitrogen and oxygen atoms in total. The Morgan fingerprint density at radius 3 is 1.74 bits per heavy atom. The highest BCUT2D eigenvalue weighted by atomic mass is 16.5. The van der Waals surface area contributed by atoms with Crippen molar-refractivity contribution in [3.05, 3.63) is 52.2 Å². The summed E-state index contributed by atoms with van der Waals surface area (Å²) < 4.78 is 5.30. The quantitative estimate of drug-likeness (QED) is 0.0350. The zero-order valence-corrected chi connectivity index (χ0v) is 49.5. The van der Waals surface area contributed by atoms with Crippen LogP contribution in [-0.4, -0.2) is 190 Å². The van der Waals surface area contributed by atoms with Crippen LogP contribution in [0.3, 0.4) is 0 Å². The van der Waals surface area contributed by atoms with Gasteiger partial charge in [0.25, 0.3) is 0 Å². The number of H-pyrrole nitrogens is 1. The number of imidazole rings is 1.